The van der Waals surface area contributed by atoms with Gasteiger partial charge in [0, 0.05) is 24.1 Å². The van der Waals surface area contributed by atoms with Crippen molar-refractivity contribution in [3.05, 3.63) is 106 Å². The lowest BCUT2D eigenvalue weighted by Gasteiger charge is -2.15. The maximum absolute atomic E-state index is 13.0. The minimum Gasteiger partial charge on any atom is -0.497 e. The van der Waals surface area contributed by atoms with Gasteiger partial charge in [0.2, 0.25) is 0 Å². The number of rotatable bonds is 9. The number of carbonyl (C=O) groups is 1. The van der Waals surface area contributed by atoms with Crippen LogP contribution < -0.4 is 15.4 Å². The number of nitriles is 1. The quantitative estimate of drug-likeness (QED) is 0.318. The Labute approximate surface area is 199 Å². The average Bonchev–Trinajstić information content (AvgIpc) is 2.83. The first-order valence-corrected chi connectivity index (χ1v) is 11.5. The summed E-state index contributed by atoms with van der Waals surface area (Å²) in [6.07, 6.45) is 0. The first-order valence-electron chi connectivity index (χ1n) is 10.6. The van der Waals surface area contributed by atoms with Gasteiger partial charge in [-0.2, -0.15) is 5.26 Å². The van der Waals surface area contributed by atoms with E-state index in [9.17, 15) is 10.1 Å². The molecule has 0 radical (unpaired) electrons. The van der Waals surface area contributed by atoms with Crippen LogP contribution in [0.4, 0.5) is 5.69 Å². The van der Waals surface area contributed by atoms with Gasteiger partial charge in [-0.25, -0.2) is 0 Å². The van der Waals surface area contributed by atoms with E-state index in [1.54, 1.807) is 7.11 Å². The molecule has 3 rings (SSSR count). The lowest BCUT2D eigenvalue weighted by Crippen LogP contribution is -2.25. The number of carbonyl (C=O) groups excluding carboxylic acids is 1. The van der Waals surface area contributed by atoms with Crippen LogP contribution in [0.1, 0.15) is 22.3 Å². The molecule has 3 aromatic carbocycles. The summed E-state index contributed by atoms with van der Waals surface area (Å²) >= 11 is 1.43. The second kappa shape index (κ2) is 11.8. The Morgan fingerprint density at radius 3 is 2.52 bits per heavy atom. The fourth-order valence-corrected chi connectivity index (χ4v) is 4.33. The van der Waals surface area contributed by atoms with Crippen LogP contribution >= 0.6 is 11.8 Å². The number of ether oxygens (including phenoxy) is 1. The normalized spacial score (nSPS) is 11.2. The Bertz CT molecular complexity index is 1180. The highest BCUT2D eigenvalue weighted by Crippen LogP contribution is 2.29. The predicted octanol–water partition coefficient (Wildman–Crippen LogP) is 5.71. The summed E-state index contributed by atoms with van der Waals surface area (Å²) in [4.78, 5) is 13.0. The molecule has 0 aliphatic carbocycles. The molecule has 0 saturated heterocycles. The van der Waals surface area contributed by atoms with E-state index in [1.165, 1.54) is 22.9 Å². The van der Waals surface area contributed by atoms with Gasteiger partial charge in [0.15, 0.2) is 0 Å². The van der Waals surface area contributed by atoms with Crippen molar-refractivity contribution in [1.29, 1.82) is 5.26 Å². The number of nitrogens with zero attached hydrogens (tertiary/aromatic N) is 1. The van der Waals surface area contributed by atoms with Crippen molar-refractivity contribution in [2.24, 2.45) is 0 Å². The van der Waals surface area contributed by atoms with E-state index in [1.807, 2.05) is 54.6 Å². The fraction of sp³-hybridized carbons (Fsp3) is 0.185. The second-order valence-corrected chi connectivity index (χ2v) is 8.55. The van der Waals surface area contributed by atoms with E-state index in [0.717, 1.165) is 16.8 Å². The van der Waals surface area contributed by atoms with Crippen LogP contribution in [0.5, 0.6) is 5.75 Å². The molecule has 0 unspecified atom stereocenters. The first-order chi connectivity index (χ1) is 16.0. The van der Waals surface area contributed by atoms with Crippen LogP contribution in [-0.4, -0.2) is 13.0 Å². The molecule has 0 saturated carbocycles. The lowest BCUT2D eigenvalue weighted by molar-refractivity contribution is -0.117. The minimum atomic E-state index is -0.417. The van der Waals surface area contributed by atoms with Gasteiger partial charge < -0.3 is 15.4 Å². The number of hydrogen-bond acceptors (Lipinski definition) is 5. The smallest absolute Gasteiger partial charge is 0.264 e. The summed E-state index contributed by atoms with van der Waals surface area (Å²) < 4.78 is 5.31. The molecule has 0 fully saturated rings. The van der Waals surface area contributed by atoms with E-state index >= 15 is 0 Å². The standard InChI is InChI=1S/C27H27N3O2S/c1-19-12-13-22(20(2)14-19)18-33-27(30-23-10-7-11-24(15-23)32-3)25(16-28)26(31)29-17-21-8-5-4-6-9-21/h4-15,30H,17-18H2,1-3H3,(H,29,31)/b27-25+. The third-order valence-electron chi connectivity index (χ3n) is 5.06. The third kappa shape index (κ3) is 6.90. The van der Waals surface area contributed by atoms with Crippen LogP contribution in [0.2, 0.25) is 0 Å². The van der Waals surface area contributed by atoms with Crippen LogP contribution in [0.3, 0.4) is 0 Å². The number of amides is 1. The second-order valence-electron chi connectivity index (χ2n) is 7.56. The molecule has 0 spiro atoms. The van der Waals surface area contributed by atoms with Gasteiger partial charge in [0.1, 0.15) is 17.4 Å². The zero-order chi connectivity index (χ0) is 23.6. The topological polar surface area (TPSA) is 74.1 Å². The molecule has 6 heteroatoms. The van der Waals surface area contributed by atoms with Gasteiger partial charge in [0.25, 0.3) is 5.91 Å². The number of aryl methyl sites for hydroxylation is 2. The zero-order valence-corrected chi connectivity index (χ0v) is 19.8. The average molecular weight is 458 g/mol. The van der Waals surface area contributed by atoms with Crippen molar-refractivity contribution >= 4 is 23.4 Å². The largest absolute Gasteiger partial charge is 0.497 e. The minimum absolute atomic E-state index is 0.0449. The van der Waals surface area contributed by atoms with Crippen molar-refractivity contribution in [1.82, 2.24) is 5.32 Å². The van der Waals surface area contributed by atoms with Crippen molar-refractivity contribution in [2.75, 3.05) is 12.4 Å². The predicted molar refractivity (Wildman–Crippen MR) is 135 cm³/mol. The monoisotopic (exact) mass is 457 g/mol. The van der Waals surface area contributed by atoms with E-state index in [-0.39, 0.29) is 5.57 Å². The van der Waals surface area contributed by atoms with Gasteiger partial charge in [-0.15, -0.1) is 11.8 Å². The molecule has 0 atom stereocenters. The molecule has 2 N–H and O–H groups in total. The van der Waals surface area contributed by atoms with Gasteiger partial charge in [-0.3, -0.25) is 4.79 Å². The van der Waals surface area contributed by atoms with E-state index < -0.39 is 5.91 Å². The molecule has 1 amide bonds. The first kappa shape index (κ1) is 24.0. The molecule has 0 heterocycles. The van der Waals surface area contributed by atoms with E-state index in [2.05, 4.69) is 48.7 Å². The highest BCUT2D eigenvalue weighted by atomic mass is 32.2. The molecule has 168 valence electrons. The molecular formula is C27H27N3O2S. The summed E-state index contributed by atoms with van der Waals surface area (Å²) in [7, 11) is 1.60. The fourth-order valence-electron chi connectivity index (χ4n) is 3.23. The summed E-state index contributed by atoms with van der Waals surface area (Å²) in [6, 6.07) is 25.4. The summed E-state index contributed by atoms with van der Waals surface area (Å²) in [5, 5.41) is 16.5. The molecule has 0 aliphatic heterocycles. The van der Waals surface area contributed by atoms with Gasteiger partial charge in [-0.05, 0) is 42.7 Å². The van der Waals surface area contributed by atoms with Crippen LogP contribution in [0, 0.1) is 25.2 Å². The molecular weight excluding hydrogens is 430 g/mol. The Kier molecular flexibility index (Phi) is 8.56. The SMILES string of the molecule is COc1cccc(N/C(SCc2ccc(C)cc2C)=C(/C#N)C(=O)NCc2ccccc2)c1. The maximum Gasteiger partial charge on any atom is 0.264 e. The van der Waals surface area contributed by atoms with Crippen LogP contribution in [0.15, 0.2) is 83.4 Å². The number of thioether (sulfide) groups is 1. The highest BCUT2D eigenvalue weighted by molar-refractivity contribution is 8.02. The molecule has 5 nitrogen and oxygen atoms in total. The Morgan fingerprint density at radius 1 is 1.03 bits per heavy atom. The van der Waals surface area contributed by atoms with Gasteiger partial charge in [0.05, 0.1) is 12.1 Å². The Morgan fingerprint density at radius 2 is 1.82 bits per heavy atom. The molecule has 0 aromatic heterocycles. The molecule has 0 aliphatic rings. The maximum atomic E-state index is 13.0. The molecule has 3 aromatic rings. The number of hydrogen-bond donors (Lipinski definition) is 2. The van der Waals surface area contributed by atoms with Crippen molar-refractivity contribution in [3.8, 4) is 11.8 Å². The number of methoxy groups -OCH3 is 1. The lowest BCUT2D eigenvalue weighted by atomic mass is 10.1. The Balaban J connectivity index is 1.87. The van der Waals surface area contributed by atoms with Crippen LogP contribution in [0.25, 0.3) is 0 Å². The van der Waals surface area contributed by atoms with Gasteiger partial charge >= 0.3 is 0 Å². The van der Waals surface area contributed by atoms with E-state index in [0.29, 0.717) is 23.1 Å². The molecule has 0 bridgehead atoms. The summed E-state index contributed by atoms with van der Waals surface area (Å²) in [5.74, 6) is 0.890. The number of nitrogens with one attached hydrogen (secondary N) is 2. The summed E-state index contributed by atoms with van der Waals surface area (Å²) in [6.45, 7) is 4.48. The Hall–Kier alpha value is -3.69. The summed E-state index contributed by atoms with van der Waals surface area (Å²) in [5.41, 5.74) is 5.27. The zero-order valence-electron chi connectivity index (χ0n) is 19.0. The van der Waals surface area contributed by atoms with Crippen molar-refractivity contribution < 1.29 is 9.53 Å². The number of anilines is 1. The van der Waals surface area contributed by atoms with Crippen LogP contribution in [-0.2, 0) is 17.1 Å². The molecule has 33 heavy (non-hydrogen) atoms. The van der Waals surface area contributed by atoms with Crippen molar-refractivity contribution in [2.45, 2.75) is 26.1 Å². The third-order valence-corrected chi connectivity index (χ3v) is 6.11. The van der Waals surface area contributed by atoms with Crippen molar-refractivity contribution in [3.63, 3.8) is 0 Å². The highest BCUT2D eigenvalue weighted by Gasteiger charge is 2.17. The number of benzene rings is 3. The van der Waals surface area contributed by atoms with E-state index in [4.69, 9.17) is 4.74 Å². The van der Waals surface area contributed by atoms with Gasteiger partial charge in [-0.1, -0.05) is 60.2 Å².